The summed E-state index contributed by atoms with van der Waals surface area (Å²) in [5.74, 6) is 0.540. The van der Waals surface area contributed by atoms with Crippen LogP contribution >= 0.6 is 0 Å². The number of nitrogens with zero attached hydrogens (tertiary/aromatic N) is 2. The van der Waals surface area contributed by atoms with Gasteiger partial charge in [-0.3, -0.25) is 4.98 Å². The summed E-state index contributed by atoms with van der Waals surface area (Å²) in [6.07, 6.45) is 1.56. The van der Waals surface area contributed by atoms with Crippen molar-refractivity contribution in [3.63, 3.8) is 0 Å². The molecule has 2 N–H and O–H groups in total. The van der Waals surface area contributed by atoms with E-state index >= 15 is 0 Å². The van der Waals surface area contributed by atoms with E-state index < -0.39 is 28.3 Å². The third kappa shape index (κ3) is 8.54. The maximum Gasteiger partial charge on any atom is 0.407 e. The third-order valence-corrected chi connectivity index (χ3v) is 7.69. The Balaban J connectivity index is 1.79. The maximum atomic E-state index is 13.5. The Kier molecular flexibility index (Phi) is 10.6. The molecule has 3 rings (SSSR count). The first-order valence-corrected chi connectivity index (χ1v) is 13.8. The van der Waals surface area contributed by atoms with E-state index in [2.05, 4.69) is 10.3 Å². The maximum absolute atomic E-state index is 13.5. The Labute approximate surface area is 224 Å². The number of amides is 1. The van der Waals surface area contributed by atoms with Crippen molar-refractivity contribution in [2.45, 2.75) is 43.9 Å². The predicted octanol–water partition coefficient (Wildman–Crippen LogP) is 3.64. The molecule has 204 valence electrons. The molecular formula is C28H35N3O6S. The predicted molar refractivity (Wildman–Crippen MR) is 144 cm³/mol. The van der Waals surface area contributed by atoms with Crippen molar-refractivity contribution in [3.05, 3.63) is 90.3 Å². The fourth-order valence-electron chi connectivity index (χ4n) is 3.88. The van der Waals surface area contributed by atoms with Crippen molar-refractivity contribution >= 4 is 16.1 Å². The highest BCUT2D eigenvalue weighted by molar-refractivity contribution is 7.89. The molecule has 0 radical (unpaired) electrons. The van der Waals surface area contributed by atoms with Crippen LogP contribution in [-0.2, 0) is 27.8 Å². The molecule has 38 heavy (non-hydrogen) atoms. The molecule has 10 heteroatoms. The molecule has 2 aromatic carbocycles. The number of nitrogens with one attached hydrogen (secondary N) is 1. The molecule has 1 aromatic heterocycles. The van der Waals surface area contributed by atoms with Crippen LogP contribution in [0.5, 0.6) is 5.75 Å². The van der Waals surface area contributed by atoms with Gasteiger partial charge in [-0.1, -0.05) is 44.2 Å². The second kappa shape index (κ2) is 13.9. The van der Waals surface area contributed by atoms with Crippen LogP contribution in [0.2, 0.25) is 0 Å². The summed E-state index contributed by atoms with van der Waals surface area (Å²) >= 11 is 0. The summed E-state index contributed by atoms with van der Waals surface area (Å²) in [5.41, 5.74) is 1.64. The summed E-state index contributed by atoms with van der Waals surface area (Å²) < 4.78 is 38.8. The number of methoxy groups -OCH3 is 1. The van der Waals surface area contributed by atoms with Gasteiger partial charge in [-0.2, -0.15) is 4.31 Å². The van der Waals surface area contributed by atoms with Gasteiger partial charge >= 0.3 is 6.09 Å². The van der Waals surface area contributed by atoms with Crippen LogP contribution in [0.4, 0.5) is 4.79 Å². The first-order chi connectivity index (χ1) is 18.2. The molecule has 0 aliphatic carbocycles. The fraction of sp³-hybridized carbons (Fsp3) is 0.357. The van der Waals surface area contributed by atoms with Crippen molar-refractivity contribution < 1.29 is 27.8 Å². The van der Waals surface area contributed by atoms with E-state index in [0.717, 1.165) is 11.1 Å². The molecule has 0 saturated heterocycles. The van der Waals surface area contributed by atoms with Crippen LogP contribution in [0.25, 0.3) is 0 Å². The SMILES string of the molecule is COc1ccc(S(=O)(=O)N(CC(C)C)CC(O)C(Cc2ccccc2)NC(=O)OCc2ccncc2)cc1. The van der Waals surface area contributed by atoms with Gasteiger partial charge in [0.2, 0.25) is 10.0 Å². The largest absolute Gasteiger partial charge is 0.497 e. The fourth-order valence-corrected chi connectivity index (χ4v) is 5.50. The number of benzene rings is 2. The lowest BCUT2D eigenvalue weighted by Crippen LogP contribution is -2.51. The number of aliphatic hydroxyl groups is 1. The van der Waals surface area contributed by atoms with Crippen molar-refractivity contribution in [2.75, 3.05) is 20.2 Å². The molecular weight excluding hydrogens is 506 g/mol. The first-order valence-electron chi connectivity index (χ1n) is 12.4. The van der Waals surface area contributed by atoms with E-state index in [1.165, 1.54) is 23.5 Å². The number of carbonyl (C=O) groups is 1. The number of sulfonamides is 1. The summed E-state index contributed by atoms with van der Waals surface area (Å²) in [5, 5.41) is 14.0. The molecule has 0 spiro atoms. The lowest BCUT2D eigenvalue weighted by atomic mass is 10.0. The molecule has 3 aromatic rings. The Morgan fingerprint density at radius 1 is 0.974 bits per heavy atom. The number of alkyl carbamates (subject to hydrolysis) is 1. The van der Waals surface area contributed by atoms with Gasteiger partial charge in [0.1, 0.15) is 12.4 Å². The van der Waals surface area contributed by atoms with Crippen LogP contribution in [0.15, 0.2) is 84.0 Å². The first kappa shape index (κ1) is 29.1. The van der Waals surface area contributed by atoms with Crippen LogP contribution in [-0.4, -0.2) is 61.3 Å². The van der Waals surface area contributed by atoms with E-state index in [9.17, 15) is 18.3 Å². The van der Waals surface area contributed by atoms with Gasteiger partial charge in [-0.25, -0.2) is 13.2 Å². The average Bonchev–Trinajstić information content (AvgIpc) is 2.92. The molecule has 0 aliphatic heterocycles. The standard InChI is InChI=1S/C28H35N3O6S/c1-21(2)18-31(38(34,35)25-11-9-24(36-3)10-12-25)19-27(32)26(17-22-7-5-4-6-8-22)30-28(33)37-20-23-13-15-29-16-14-23/h4-16,21,26-27,32H,17-20H2,1-3H3,(H,30,33). The van der Waals surface area contributed by atoms with Crippen LogP contribution in [0.1, 0.15) is 25.0 Å². The molecule has 2 atom stereocenters. The Hall–Kier alpha value is -3.47. The molecule has 0 fully saturated rings. The van der Waals surface area contributed by atoms with Crippen LogP contribution in [0.3, 0.4) is 0 Å². The quantitative estimate of drug-likeness (QED) is 0.339. The topological polar surface area (TPSA) is 118 Å². The van der Waals surface area contributed by atoms with E-state index in [1.807, 2.05) is 44.2 Å². The second-order valence-electron chi connectivity index (χ2n) is 9.33. The minimum atomic E-state index is -3.93. The van der Waals surface area contributed by atoms with Crippen molar-refractivity contribution in [1.82, 2.24) is 14.6 Å². The van der Waals surface area contributed by atoms with Gasteiger partial charge in [0.15, 0.2) is 0 Å². The Morgan fingerprint density at radius 3 is 2.24 bits per heavy atom. The lowest BCUT2D eigenvalue weighted by molar-refractivity contribution is 0.0873. The zero-order valence-electron chi connectivity index (χ0n) is 21.9. The number of pyridine rings is 1. The normalized spacial score (nSPS) is 13.2. The molecule has 0 bridgehead atoms. The van der Waals surface area contributed by atoms with Gasteiger partial charge in [0, 0.05) is 25.5 Å². The van der Waals surface area contributed by atoms with E-state index in [0.29, 0.717) is 5.75 Å². The average molecular weight is 542 g/mol. The summed E-state index contributed by atoms with van der Waals surface area (Å²) in [6.45, 7) is 3.82. The highest BCUT2D eigenvalue weighted by Gasteiger charge is 2.31. The van der Waals surface area contributed by atoms with Crippen molar-refractivity contribution in [1.29, 1.82) is 0 Å². The Bertz CT molecular complexity index is 1240. The smallest absolute Gasteiger partial charge is 0.407 e. The Morgan fingerprint density at radius 2 is 1.63 bits per heavy atom. The molecule has 2 unspecified atom stereocenters. The van der Waals surface area contributed by atoms with E-state index in [1.54, 1.807) is 36.7 Å². The number of hydrogen-bond acceptors (Lipinski definition) is 7. The molecule has 0 saturated carbocycles. The number of ether oxygens (including phenoxy) is 2. The zero-order valence-corrected chi connectivity index (χ0v) is 22.7. The molecule has 1 amide bonds. The highest BCUT2D eigenvalue weighted by atomic mass is 32.2. The second-order valence-corrected chi connectivity index (χ2v) is 11.3. The summed E-state index contributed by atoms with van der Waals surface area (Å²) in [6, 6.07) is 18.1. The van der Waals surface area contributed by atoms with Crippen LogP contribution in [0, 0.1) is 5.92 Å². The minimum Gasteiger partial charge on any atom is -0.497 e. The van der Waals surface area contributed by atoms with E-state index in [-0.39, 0.29) is 36.9 Å². The lowest BCUT2D eigenvalue weighted by Gasteiger charge is -2.30. The minimum absolute atomic E-state index is 0.00100. The number of hydrogen-bond donors (Lipinski definition) is 2. The molecule has 9 nitrogen and oxygen atoms in total. The van der Waals surface area contributed by atoms with E-state index in [4.69, 9.17) is 9.47 Å². The van der Waals surface area contributed by atoms with Gasteiger partial charge in [0.05, 0.1) is 24.2 Å². The monoisotopic (exact) mass is 541 g/mol. The van der Waals surface area contributed by atoms with Gasteiger partial charge in [0.25, 0.3) is 0 Å². The van der Waals surface area contributed by atoms with Crippen LogP contribution < -0.4 is 10.1 Å². The highest BCUT2D eigenvalue weighted by Crippen LogP contribution is 2.21. The summed E-state index contributed by atoms with van der Waals surface area (Å²) in [4.78, 5) is 16.7. The van der Waals surface area contributed by atoms with Gasteiger partial charge in [-0.15, -0.1) is 0 Å². The molecule has 1 heterocycles. The number of carbonyl (C=O) groups excluding carboxylic acids is 1. The van der Waals surface area contributed by atoms with Gasteiger partial charge in [-0.05, 0) is 59.9 Å². The van der Waals surface area contributed by atoms with Crippen molar-refractivity contribution in [2.24, 2.45) is 5.92 Å². The van der Waals surface area contributed by atoms with Crippen molar-refractivity contribution in [3.8, 4) is 5.75 Å². The third-order valence-electron chi connectivity index (χ3n) is 5.84. The molecule has 0 aliphatic rings. The summed E-state index contributed by atoms with van der Waals surface area (Å²) in [7, 11) is -2.42. The number of aromatic nitrogens is 1. The van der Waals surface area contributed by atoms with Gasteiger partial charge < -0.3 is 19.9 Å². The zero-order chi connectivity index (χ0) is 27.5. The number of aliphatic hydroxyl groups excluding tert-OH is 1. The number of rotatable bonds is 13.